The van der Waals surface area contributed by atoms with Crippen LogP contribution in [0.25, 0.3) is 28.0 Å². The fourth-order valence-electron chi connectivity index (χ4n) is 5.91. The number of hydrogen-bond donors (Lipinski definition) is 1. The first-order chi connectivity index (χ1) is 20.1. The number of oxazole rings is 1. The molecule has 0 spiro atoms. The topological polar surface area (TPSA) is 101 Å². The van der Waals surface area contributed by atoms with Gasteiger partial charge in [0.05, 0.1) is 23.9 Å². The molecule has 0 amide bonds. The van der Waals surface area contributed by atoms with Crippen molar-refractivity contribution in [2.75, 3.05) is 43.2 Å². The van der Waals surface area contributed by atoms with Crippen molar-refractivity contribution in [1.82, 2.24) is 9.55 Å². The number of carboxylic acid groups (broad SMARTS) is 1. The van der Waals surface area contributed by atoms with Gasteiger partial charge in [0, 0.05) is 56.4 Å². The highest BCUT2D eigenvalue weighted by atomic mass is 19.4. The zero-order valence-electron chi connectivity index (χ0n) is 22.9. The van der Waals surface area contributed by atoms with Gasteiger partial charge in [-0.25, -0.2) is 4.79 Å². The van der Waals surface area contributed by atoms with Gasteiger partial charge in [0.2, 0.25) is 0 Å². The van der Waals surface area contributed by atoms with Gasteiger partial charge in [-0.05, 0) is 55.5 Å². The number of hydrogen-bond acceptors (Lipinski definition) is 7. The minimum Gasteiger partial charge on any atom is -0.477 e. The molecular formula is C30H29F3N4O5. The first kappa shape index (κ1) is 27.8. The van der Waals surface area contributed by atoms with Gasteiger partial charge in [0.1, 0.15) is 11.1 Å². The second kappa shape index (κ2) is 10.8. The molecule has 0 unspecified atom stereocenters. The minimum atomic E-state index is -4.63. The summed E-state index contributed by atoms with van der Waals surface area (Å²) in [5, 5.41) is 9.66. The Labute approximate surface area is 238 Å². The number of nitrogens with zero attached hydrogens (tertiary/aromatic N) is 4. The standard InChI is InChI=1S/C30H29F3N4O5/c1-41-17-20-5-4-12-36(20)29-34-23-8-7-19(14-27(23)42-29)37-16-21(28(39)40)26(38)15-25(37)18-6-9-24(35-10-2-3-11-35)22(13-18)30(31,32)33/h6-9,13-16,20H,2-5,10-12,17H2,1H3,(H,39,40)/t20-/m1/s1. The fraction of sp³-hybridized carbons (Fsp3) is 0.367. The molecule has 0 saturated carbocycles. The summed E-state index contributed by atoms with van der Waals surface area (Å²) >= 11 is 0. The number of pyridine rings is 1. The highest BCUT2D eigenvalue weighted by Crippen LogP contribution is 2.40. The molecule has 4 heterocycles. The van der Waals surface area contributed by atoms with Crippen LogP contribution in [-0.2, 0) is 10.9 Å². The van der Waals surface area contributed by atoms with Crippen LogP contribution in [0.1, 0.15) is 41.6 Å². The SMILES string of the molecule is COC[C@H]1CCCN1c1nc2ccc(-n3cc(C(=O)O)c(=O)cc3-c3ccc(N4CCCC4)c(C(F)(F)F)c3)cc2o1. The van der Waals surface area contributed by atoms with E-state index in [1.807, 2.05) is 4.90 Å². The van der Waals surface area contributed by atoms with Crippen LogP contribution in [0.4, 0.5) is 24.9 Å². The second-order valence-electron chi connectivity index (χ2n) is 10.6. The molecule has 2 aromatic carbocycles. The quantitative estimate of drug-likeness (QED) is 0.302. The van der Waals surface area contributed by atoms with Gasteiger partial charge in [-0.1, -0.05) is 6.07 Å². The van der Waals surface area contributed by atoms with Crippen molar-refractivity contribution in [2.45, 2.75) is 37.9 Å². The fourth-order valence-corrected chi connectivity index (χ4v) is 5.91. The molecule has 9 nitrogen and oxygen atoms in total. The molecule has 4 aromatic rings. The molecule has 6 rings (SSSR count). The van der Waals surface area contributed by atoms with Crippen molar-refractivity contribution in [3.63, 3.8) is 0 Å². The van der Waals surface area contributed by atoms with E-state index in [1.54, 1.807) is 30.2 Å². The molecule has 1 atom stereocenters. The number of fused-ring (bicyclic) bond motifs is 1. The Morgan fingerprint density at radius 1 is 1.10 bits per heavy atom. The summed E-state index contributed by atoms with van der Waals surface area (Å²) in [4.78, 5) is 33.0. The average molecular weight is 583 g/mol. The number of rotatable bonds is 7. The molecule has 2 aliphatic heterocycles. The van der Waals surface area contributed by atoms with Crippen LogP contribution in [0.5, 0.6) is 0 Å². The van der Waals surface area contributed by atoms with Crippen molar-refractivity contribution in [3.8, 4) is 16.9 Å². The highest BCUT2D eigenvalue weighted by Gasteiger charge is 2.36. The summed E-state index contributed by atoms with van der Waals surface area (Å²) < 4.78 is 55.6. The molecular weight excluding hydrogens is 553 g/mol. The first-order valence-electron chi connectivity index (χ1n) is 13.8. The normalized spacial score (nSPS) is 17.5. The van der Waals surface area contributed by atoms with E-state index in [4.69, 9.17) is 9.15 Å². The summed E-state index contributed by atoms with van der Waals surface area (Å²) in [6.45, 7) is 2.35. The van der Waals surface area contributed by atoms with Crippen molar-refractivity contribution < 1.29 is 32.2 Å². The molecule has 0 bridgehead atoms. The van der Waals surface area contributed by atoms with E-state index in [1.165, 1.54) is 16.7 Å². The van der Waals surface area contributed by atoms with Gasteiger partial charge in [0.15, 0.2) is 11.0 Å². The predicted molar refractivity (Wildman–Crippen MR) is 151 cm³/mol. The van der Waals surface area contributed by atoms with E-state index in [-0.39, 0.29) is 23.0 Å². The number of alkyl halides is 3. The number of ether oxygens (including phenoxy) is 1. The third-order valence-corrected chi connectivity index (χ3v) is 7.95. The molecule has 0 aliphatic carbocycles. The summed E-state index contributed by atoms with van der Waals surface area (Å²) in [5.41, 5.74) is -0.443. The van der Waals surface area contributed by atoms with Crippen LogP contribution in [0, 0.1) is 0 Å². The van der Waals surface area contributed by atoms with Crippen molar-refractivity contribution in [3.05, 3.63) is 70.0 Å². The molecule has 2 fully saturated rings. The Morgan fingerprint density at radius 3 is 2.60 bits per heavy atom. The molecule has 2 aliphatic rings. The van der Waals surface area contributed by atoms with Gasteiger partial charge in [-0.2, -0.15) is 18.2 Å². The number of halogens is 3. The lowest BCUT2D eigenvalue weighted by Gasteiger charge is -2.24. The monoisotopic (exact) mass is 582 g/mol. The van der Waals surface area contributed by atoms with E-state index < -0.39 is 28.7 Å². The minimum absolute atomic E-state index is 0.0871. The van der Waals surface area contributed by atoms with E-state index in [9.17, 15) is 27.9 Å². The second-order valence-corrected chi connectivity index (χ2v) is 10.6. The highest BCUT2D eigenvalue weighted by molar-refractivity contribution is 5.88. The molecule has 12 heteroatoms. The molecule has 42 heavy (non-hydrogen) atoms. The Morgan fingerprint density at radius 2 is 1.88 bits per heavy atom. The first-order valence-corrected chi connectivity index (χ1v) is 13.8. The van der Waals surface area contributed by atoms with E-state index in [2.05, 4.69) is 4.98 Å². The van der Waals surface area contributed by atoms with Crippen LogP contribution in [-0.4, -0.2) is 60.0 Å². The van der Waals surface area contributed by atoms with Gasteiger partial charge in [0.25, 0.3) is 6.01 Å². The predicted octanol–water partition coefficient (Wildman–Crippen LogP) is 5.58. The number of carbonyl (C=O) groups is 1. The summed E-state index contributed by atoms with van der Waals surface area (Å²) in [6.07, 6.45) is 0.0263. The number of methoxy groups -OCH3 is 1. The van der Waals surface area contributed by atoms with Crippen molar-refractivity contribution >= 4 is 28.8 Å². The number of carboxylic acids is 1. The number of aromatic nitrogens is 2. The van der Waals surface area contributed by atoms with Crippen LogP contribution in [0.2, 0.25) is 0 Å². The van der Waals surface area contributed by atoms with E-state index in [0.29, 0.717) is 42.5 Å². The van der Waals surface area contributed by atoms with Crippen LogP contribution >= 0.6 is 0 Å². The zero-order chi connectivity index (χ0) is 29.6. The van der Waals surface area contributed by atoms with Gasteiger partial charge >= 0.3 is 12.1 Å². The molecule has 2 saturated heterocycles. The van der Waals surface area contributed by atoms with Crippen molar-refractivity contribution in [2.24, 2.45) is 0 Å². The summed E-state index contributed by atoms with van der Waals surface area (Å²) in [5.74, 6) is -1.44. The zero-order valence-corrected chi connectivity index (χ0v) is 22.9. The average Bonchev–Trinajstić information content (AvgIpc) is 3.73. The van der Waals surface area contributed by atoms with Gasteiger partial charge in [-0.15, -0.1) is 0 Å². The number of aromatic carboxylic acids is 1. The summed E-state index contributed by atoms with van der Waals surface area (Å²) in [7, 11) is 1.64. The van der Waals surface area contributed by atoms with Crippen LogP contribution < -0.4 is 15.2 Å². The maximum absolute atomic E-state index is 14.2. The third kappa shape index (κ3) is 5.11. The third-order valence-electron chi connectivity index (χ3n) is 7.95. The maximum atomic E-state index is 14.2. The summed E-state index contributed by atoms with van der Waals surface area (Å²) in [6, 6.07) is 10.6. The number of anilines is 2. The lowest BCUT2D eigenvalue weighted by Crippen LogP contribution is -2.32. The number of benzene rings is 2. The molecule has 1 N–H and O–H groups in total. The maximum Gasteiger partial charge on any atom is 0.418 e. The molecule has 2 aromatic heterocycles. The lowest BCUT2D eigenvalue weighted by molar-refractivity contribution is -0.137. The smallest absolute Gasteiger partial charge is 0.418 e. The molecule has 220 valence electrons. The van der Waals surface area contributed by atoms with Crippen molar-refractivity contribution in [1.29, 1.82) is 0 Å². The Hall–Kier alpha value is -4.32. The van der Waals surface area contributed by atoms with Gasteiger partial charge in [-0.3, -0.25) is 4.79 Å². The largest absolute Gasteiger partial charge is 0.477 e. The molecule has 0 radical (unpaired) electrons. The van der Waals surface area contributed by atoms with E-state index >= 15 is 0 Å². The Balaban J connectivity index is 1.48. The Bertz CT molecular complexity index is 1710. The van der Waals surface area contributed by atoms with Gasteiger partial charge < -0.3 is 28.6 Å². The van der Waals surface area contributed by atoms with Crippen LogP contribution in [0.3, 0.4) is 0 Å². The van der Waals surface area contributed by atoms with Crippen LogP contribution in [0.15, 0.2) is 57.9 Å². The van der Waals surface area contributed by atoms with E-state index in [0.717, 1.165) is 50.6 Å². The lowest BCUT2D eigenvalue weighted by atomic mass is 10.0. The Kier molecular flexibility index (Phi) is 7.17.